The first kappa shape index (κ1) is 11.3. The minimum Gasteiger partial charge on any atom is -0.459 e. The van der Waals surface area contributed by atoms with Crippen LogP contribution in [0.5, 0.6) is 0 Å². The van der Waals surface area contributed by atoms with Crippen LogP contribution in [0.15, 0.2) is 0 Å². The van der Waals surface area contributed by atoms with Gasteiger partial charge in [0, 0.05) is 28.5 Å². The van der Waals surface area contributed by atoms with Gasteiger partial charge in [0.15, 0.2) is 0 Å². The first-order valence-corrected chi connectivity index (χ1v) is 4.12. The fraction of sp³-hybridized carbons (Fsp3) is 0.375. The van der Waals surface area contributed by atoms with E-state index in [1.54, 1.807) is 0 Å². The normalized spacial score (nSPS) is 7.17. The molecule has 0 rings (SSSR count). The Labute approximate surface area is 84.9 Å². The van der Waals surface area contributed by atoms with Gasteiger partial charge in [-0.05, 0) is 3.93 Å². The molecular formula is C8H7IO3. The molecule has 0 saturated heterocycles. The Hall–Kier alpha value is -0.720. The molecule has 0 aliphatic rings. The predicted octanol–water partition coefficient (Wildman–Crippen LogP) is 0.575. The Morgan fingerprint density at radius 1 is 1.42 bits per heavy atom. The first-order chi connectivity index (χ1) is 5.81. The molecule has 0 unspecified atom stereocenters. The lowest BCUT2D eigenvalue weighted by Gasteiger charge is -1.88. The molecular weight excluding hydrogens is 271 g/mol. The van der Waals surface area contributed by atoms with E-state index in [1.165, 1.54) is 7.11 Å². The second-order valence-electron chi connectivity index (χ2n) is 1.56. The lowest BCUT2D eigenvalue weighted by Crippen LogP contribution is -1.96. The molecule has 12 heavy (non-hydrogen) atoms. The van der Waals surface area contributed by atoms with Crippen LogP contribution in [-0.2, 0) is 14.3 Å². The summed E-state index contributed by atoms with van der Waals surface area (Å²) < 4.78 is 11.8. The number of hydrogen-bond donors (Lipinski definition) is 0. The second-order valence-corrected chi connectivity index (χ2v) is 2.10. The van der Waals surface area contributed by atoms with Crippen molar-refractivity contribution < 1.29 is 14.3 Å². The number of rotatable bonds is 2. The maximum absolute atomic E-state index is 10.4. The number of ether oxygens (including phenoxy) is 2. The highest BCUT2D eigenvalue weighted by molar-refractivity contribution is 14.1. The number of carbonyl (C=O) groups is 1. The highest BCUT2D eigenvalue weighted by Crippen LogP contribution is 1.75. The van der Waals surface area contributed by atoms with Gasteiger partial charge in [-0.3, -0.25) is 0 Å². The Kier molecular flexibility index (Phi) is 7.87. The van der Waals surface area contributed by atoms with Crippen molar-refractivity contribution in [1.82, 2.24) is 0 Å². The van der Waals surface area contributed by atoms with Crippen LogP contribution in [0.25, 0.3) is 0 Å². The molecule has 0 aromatic heterocycles. The van der Waals surface area contributed by atoms with Crippen LogP contribution >= 0.6 is 22.6 Å². The SMILES string of the molecule is COC(=O)C#CCOCC#CI. The van der Waals surface area contributed by atoms with Gasteiger partial charge < -0.3 is 9.47 Å². The second kappa shape index (κ2) is 8.38. The van der Waals surface area contributed by atoms with Gasteiger partial charge in [0.05, 0.1) is 7.11 Å². The zero-order valence-corrected chi connectivity index (χ0v) is 8.67. The molecule has 0 N–H and O–H groups in total. The molecule has 3 nitrogen and oxygen atoms in total. The number of hydrogen-bond acceptors (Lipinski definition) is 3. The molecule has 64 valence electrons. The monoisotopic (exact) mass is 278 g/mol. The third kappa shape index (κ3) is 7.39. The van der Waals surface area contributed by atoms with Crippen LogP contribution in [0.2, 0.25) is 0 Å². The number of methoxy groups -OCH3 is 1. The molecule has 0 amide bonds. The van der Waals surface area contributed by atoms with Crippen molar-refractivity contribution in [1.29, 1.82) is 0 Å². The Bertz CT molecular complexity index is 251. The topological polar surface area (TPSA) is 35.5 Å². The summed E-state index contributed by atoms with van der Waals surface area (Å²) in [5.41, 5.74) is 0. The minimum absolute atomic E-state index is 0.195. The minimum atomic E-state index is -0.557. The van der Waals surface area contributed by atoms with E-state index in [0.717, 1.165) is 0 Å². The maximum atomic E-state index is 10.4. The van der Waals surface area contributed by atoms with Gasteiger partial charge in [-0.15, -0.1) is 0 Å². The van der Waals surface area contributed by atoms with E-state index in [4.69, 9.17) is 4.74 Å². The number of carbonyl (C=O) groups excluding carboxylic acids is 1. The average molecular weight is 278 g/mol. The molecule has 0 bridgehead atoms. The predicted molar refractivity (Wildman–Crippen MR) is 52.4 cm³/mol. The lowest BCUT2D eigenvalue weighted by atomic mass is 10.6. The fourth-order valence-corrected chi connectivity index (χ4v) is 0.495. The molecule has 0 atom stereocenters. The molecule has 0 aromatic rings. The Morgan fingerprint density at radius 3 is 2.67 bits per heavy atom. The summed E-state index contributed by atoms with van der Waals surface area (Å²) >= 11 is 1.91. The summed E-state index contributed by atoms with van der Waals surface area (Å²) in [5.74, 6) is 6.82. The van der Waals surface area contributed by atoms with E-state index < -0.39 is 5.97 Å². The first-order valence-electron chi connectivity index (χ1n) is 3.04. The van der Waals surface area contributed by atoms with Gasteiger partial charge in [0.2, 0.25) is 0 Å². The maximum Gasteiger partial charge on any atom is 0.384 e. The number of esters is 1. The summed E-state index contributed by atoms with van der Waals surface area (Å²) in [5, 5.41) is 0. The van der Waals surface area contributed by atoms with Gasteiger partial charge in [-0.1, -0.05) is 11.8 Å². The molecule has 4 heteroatoms. The summed E-state index contributed by atoms with van der Waals surface area (Å²) in [6.07, 6.45) is 0. The average Bonchev–Trinajstić information content (AvgIpc) is 2.10. The van der Waals surface area contributed by atoms with Crippen LogP contribution in [0.3, 0.4) is 0 Å². The fourth-order valence-electron chi connectivity index (χ4n) is 0.340. The third-order valence-corrected chi connectivity index (χ3v) is 1.17. The van der Waals surface area contributed by atoms with Gasteiger partial charge in [0.1, 0.15) is 13.2 Å². The van der Waals surface area contributed by atoms with Crippen molar-refractivity contribution in [2.75, 3.05) is 20.3 Å². The lowest BCUT2D eigenvalue weighted by molar-refractivity contribution is -0.133. The van der Waals surface area contributed by atoms with E-state index in [2.05, 4.69) is 26.4 Å². The summed E-state index contributed by atoms with van der Waals surface area (Å²) in [7, 11) is 1.28. The molecule has 0 aromatic carbocycles. The smallest absolute Gasteiger partial charge is 0.384 e. The molecule has 0 radical (unpaired) electrons. The molecule has 0 saturated carbocycles. The third-order valence-electron chi connectivity index (χ3n) is 0.791. The van der Waals surface area contributed by atoms with Gasteiger partial charge in [0.25, 0.3) is 0 Å². The summed E-state index contributed by atoms with van der Waals surface area (Å²) in [6.45, 7) is 0.527. The van der Waals surface area contributed by atoms with Crippen molar-refractivity contribution >= 4 is 28.6 Å². The number of halogens is 1. The van der Waals surface area contributed by atoms with Crippen LogP contribution in [0, 0.1) is 21.7 Å². The van der Waals surface area contributed by atoms with E-state index >= 15 is 0 Å². The van der Waals surface area contributed by atoms with Crippen LogP contribution in [0.1, 0.15) is 0 Å². The molecule has 0 aliphatic heterocycles. The Balaban J connectivity index is 3.43. The molecule has 0 aliphatic carbocycles. The van der Waals surface area contributed by atoms with Crippen LogP contribution in [-0.4, -0.2) is 26.3 Å². The van der Waals surface area contributed by atoms with Crippen molar-refractivity contribution in [3.8, 4) is 21.7 Å². The van der Waals surface area contributed by atoms with Gasteiger partial charge >= 0.3 is 5.97 Å². The summed E-state index contributed by atoms with van der Waals surface area (Å²) in [6, 6.07) is 0. The zero-order valence-electron chi connectivity index (χ0n) is 6.52. The zero-order chi connectivity index (χ0) is 9.23. The largest absolute Gasteiger partial charge is 0.459 e. The highest BCUT2D eigenvalue weighted by Gasteiger charge is 1.87. The van der Waals surface area contributed by atoms with Crippen LogP contribution < -0.4 is 0 Å². The molecule has 0 heterocycles. The Morgan fingerprint density at radius 2 is 2.08 bits per heavy atom. The van der Waals surface area contributed by atoms with Crippen molar-refractivity contribution in [2.24, 2.45) is 0 Å². The highest BCUT2D eigenvalue weighted by atomic mass is 127. The molecule has 0 fully saturated rings. The van der Waals surface area contributed by atoms with Crippen molar-refractivity contribution in [3.05, 3.63) is 0 Å². The van der Waals surface area contributed by atoms with Gasteiger partial charge in [-0.2, -0.15) is 0 Å². The van der Waals surface area contributed by atoms with Gasteiger partial charge in [-0.25, -0.2) is 4.79 Å². The molecule has 0 spiro atoms. The van der Waals surface area contributed by atoms with E-state index in [0.29, 0.717) is 6.61 Å². The quantitative estimate of drug-likeness (QED) is 0.244. The van der Waals surface area contributed by atoms with Crippen molar-refractivity contribution in [2.45, 2.75) is 0 Å². The van der Waals surface area contributed by atoms with E-state index in [-0.39, 0.29) is 6.61 Å². The van der Waals surface area contributed by atoms with Crippen LogP contribution in [0.4, 0.5) is 0 Å². The summed E-state index contributed by atoms with van der Waals surface area (Å²) in [4.78, 5) is 10.4. The standard InChI is InChI=1S/C8H7IO3/c1-11-8(10)4-2-6-12-7-3-5-9/h6-7H2,1H3. The van der Waals surface area contributed by atoms with E-state index in [9.17, 15) is 4.79 Å². The van der Waals surface area contributed by atoms with Crippen molar-refractivity contribution in [3.63, 3.8) is 0 Å². The van der Waals surface area contributed by atoms with E-state index in [1.807, 2.05) is 22.6 Å².